The summed E-state index contributed by atoms with van der Waals surface area (Å²) in [5, 5.41) is 9.01. The van der Waals surface area contributed by atoms with Crippen molar-refractivity contribution in [3.63, 3.8) is 0 Å². The highest BCUT2D eigenvalue weighted by Crippen LogP contribution is 2.20. The maximum Gasteiger partial charge on any atom is 0.257 e. The van der Waals surface area contributed by atoms with Crippen molar-refractivity contribution < 1.29 is 13.9 Å². The molecule has 1 saturated heterocycles. The number of carbonyl (C=O) groups excluding carboxylic acids is 1. The smallest absolute Gasteiger partial charge is 0.257 e. The van der Waals surface area contributed by atoms with Gasteiger partial charge in [0.1, 0.15) is 18.4 Å². The lowest BCUT2D eigenvalue weighted by molar-refractivity contribution is 0.0525. The number of nitriles is 1. The van der Waals surface area contributed by atoms with Crippen LogP contribution in [0.2, 0.25) is 0 Å². The van der Waals surface area contributed by atoms with E-state index in [2.05, 4.69) is 9.97 Å². The van der Waals surface area contributed by atoms with Crippen molar-refractivity contribution in [2.45, 2.75) is 18.9 Å². The van der Waals surface area contributed by atoms with E-state index >= 15 is 0 Å². The zero-order valence-corrected chi connectivity index (χ0v) is 11.8. The van der Waals surface area contributed by atoms with Gasteiger partial charge in [0.25, 0.3) is 11.8 Å². The number of hydrogen-bond acceptors (Lipinski definition) is 6. The molecule has 0 spiro atoms. The average molecular weight is 298 g/mol. The van der Waals surface area contributed by atoms with Crippen LogP contribution in [0, 0.1) is 11.3 Å². The van der Waals surface area contributed by atoms with Gasteiger partial charge < -0.3 is 14.1 Å². The van der Waals surface area contributed by atoms with Gasteiger partial charge in [0, 0.05) is 18.9 Å². The van der Waals surface area contributed by atoms with Crippen LogP contribution in [0.25, 0.3) is 0 Å². The number of hydrogen-bond donors (Lipinski definition) is 0. The fourth-order valence-corrected chi connectivity index (χ4v) is 2.43. The maximum absolute atomic E-state index is 12.3. The first kappa shape index (κ1) is 14.1. The van der Waals surface area contributed by atoms with E-state index in [9.17, 15) is 4.79 Å². The first-order valence-corrected chi connectivity index (χ1v) is 6.97. The van der Waals surface area contributed by atoms with E-state index in [1.165, 1.54) is 24.9 Å². The van der Waals surface area contributed by atoms with Crippen LogP contribution in [-0.2, 0) is 0 Å². The summed E-state index contributed by atoms with van der Waals surface area (Å²) in [5.74, 6) is 0.134. The van der Waals surface area contributed by atoms with Gasteiger partial charge in [0.15, 0.2) is 0 Å². The summed E-state index contributed by atoms with van der Waals surface area (Å²) in [6.45, 7) is 1.13. The molecule has 1 unspecified atom stereocenters. The van der Waals surface area contributed by atoms with Gasteiger partial charge in [-0.3, -0.25) is 4.79 Å². The second-order valence-electron chi connectivity index (χ2n) is 4.97. The molecule has 112 valence electrons. The van der Waals surface area contributed by atoms with Gasteiger partial charge in [0.05, 0.1) is 18.4 Å². The number of likely N-dealkylation sites (tertiary alicyclic amines) is 1. The highest BCUT2D eigenvalue weighted by Gasteiger charge is 2.27. The number of piperidine rings is 1. The minimum Gasteiger partial charge on any atom is -0.472 e. The van der Waals surface area contributed by atoms with Crippen molar-refractivity contribution in [2.24, 2.45) is 0 Å². The van der Waals surface area contributed by atoms with Crippen LogP contribution < -0.4 is 4.74 Å². The van der Waals surface area contributed by atoms with Crippen molar-refractivity contribution in [1.29, 1.82) is 5.26 Å². The molecule has 1 fully saturated rings. The lowest BCUT2D eigenvalue weighted by atomic mass is 10.1. The van der Waals surface area contributed by atoms with Gasteiger partial charge in [-0.25, -0.2) is 9.97 Å². The minimum atomic E-state index is -0.201. The number of rotatable bonds is 3. The van der Waals surface area contributed by atoms with Crippen LogP contribution in [0.4, 0.5) is 0 Å². The Kier molecular flexibility index (Phi) is 4.01. The summed E-state index contributed by atoms with van der Waals surface area (Å²) < 4.78 is 10.7. The van der Waals surface area contributed by atoms with Gasteiger partial charge in [0.2, 0.25) is 5.69 Å². The topological polar surface area (TPSA) is 92.2 Å². The van der Waals surface area contributed by atoms with E-state index in [4.69, 9.17) is 14.4 Å². The Morgan fingerprint density at radius 1 is 1.45 bits per heavy atom. The Morgan fingerprint density at radius 2 is 2.32 bits per heavy atom. The highest BCUT2D eigenvalue weighted by atomic mass is 16.5. The van der Waals surface area contributed by atoms with Gasteiger partial charge in [-0.2, -0.15) is 5.26 Å². The molecule has 3 heterocycles. The number of aromatic nitrogens is 2. The van der Waals surface area contributed by atoms with Gasteiger partial charge in [-0.1, -0.05) is 0 Å². The molecule has 7 heteroatoms. The van der Waals surface area contributed by atoms with E-state index in [0.29, 0.717) is 18.7 Å². The van der Waals surface area contributed by atoms with E-state index in [0.717, 1.165) is 12.8 Å². The normalized spacial score (nSPS) is 17.8. The molecular weight excluding hydrogens is 284 g/mol. The van der Waals surface area contributed by atoms with Crippen LogP contribution in [0.3, 0.4) is 0 Å². The van der Waals surface area contributed by atoms with E-state index in [1.807, 2.05) is 6.07 Å². The van der Waals surface area contributed by atoms with E-state index < -0.39 is 0 Å². The summed E-state index contributed by atoms with van der Waals surface area (Å²) in [6, 6.07) is 3.59. The van der Waals surface area contributed by atoms with Gasteiger partial charge in [-0.15, -0.1) is 0 Å². The lowest BCUT2D eigenvalue weighted by Gasteiger charge is -2.32. The zero-order chi connectivity index (χ0) is 15.4. The van der Waals surface area contributed by atoms with Gasteiger partial charge in [-0.05, 0) is 18.9 Å². The standard InChI is InChI=1S/C15H14N4O3/c16-8-13-14(18-5-4-17-13)22-12-2-1-6-19(9-12)15(20)11-3-7-21-10-11/h3-5,7,10,12H,1-2,6,9H2. The Labute approximate surface area is 127 Å². The Bertz CT molecular complexity index is 693. The molecule has 22 heavy (non-hydrogen) atoms. The second-order valence-corrected chi connectivity index (χ2v) is 4.97. The van der Waals surface area contributed by atoms with Crippen molar-refractivity contribution in [3.8, 4) is 11.9 Å². The van der Waals surface area contributed by atoms with Crippen LogP contribution in [-0.4, -0.2) is 40.0 Å². The number of carbonyl (C=O) groups is 1. The maximum atomic E-state index is 12.3. The number of furan rings is 1. The SMILES string of the molecule is N#Cc1nccnc1OC1CCCN(C(=O)c2ccoc2)C1. The lowest BCUT2D eigenvalue weighted by Crippen LogP contribution is -2.44. The van der Waals surface area contributed by atoms with Crippen LogP contribution >= 0.6 is 0 Å². The number of nitrogens with zero attached hydrogens (tertiary/aromatic N) is 4. The van der Waals surface area contributed by atoms with Gasteiger partial charge >= 0.3 is 0 Å². The van der Waals surface area contributed by atoms with Crippen molar-refractivity contribution in [1.82, 2.24) is 14.9 Å². The first-order chi connectivity index (χ1) is 10.8. The molecule has 0 aromatic carbocycles. The van der Waals surface area contributed by atoms with E-state index in [-0.39, 0.29) is 23.6 Å². The van der Waals surface area contributed by atoms with Crippen LogP contribution in [0.15, 0.2) is 35.4 Å². The zero-order valence-electron chi connectivity index (χ0n) is 11.8. The van der Waals surface area contributed by atoms with Crippen LogP contribution in [0.1, 0.15) is 28.9 Å². The Morgan fingerprint density at radius 3 is 3.09 bits per heavy atom. The fraction of sp³-hybridized carbons (Fsp3) is 0.333. The minimum absolute atomic E-state index is 0.0818. The molecule has 2 aromatic rings. The average Bonchev–Trinajstić information content (AvgIpc) is 3.09. The summed E-state index contributed by atoms with van der Waals surface area (Å²) >= 11 is 0. The monoisotopic (exact) mass is 298 g/mol. The largest absolute Gasteiger partial charge is 0.472 e. The number of amides is 1. The summed E-state index contributed by atoms with van der Waals surface area (Å²) in [5.41, 5.74) is 0.679. The molecule has 0 N–H and O–H groups in total. The molecule has 7 nitrogen and oxygen atoms in total. The summed E-state index contributed by atoms with van der Waals surface area (Å²) in [6.07, 6.45) is 7.27. The van der Waals surface area contributed by atoms with Crippen molar-refractivity contribution >= 4 is 5.91 Å². The molecule has 0 aliphatic carbocycles. The third kappa shape index (κ3) is 2.91. The quantitative estimate of drug-likeness (QED) is 0.855. The molecule has 1 amide bonds. The predicted molar refractivity (Wildman–Crippen MR) is 75.0 cm³/mol. The predicted octanol–water partition coefficient (Wildman–Crippen LogP) is 1.62. The third-order valence-corrected chi connectivity index (χ3v) is 3.48. The summed E-state index contributed by atoms with van der Waals surface area (Å²) in [7, 11) is 0. The van der Waals surface area contributed by atoms with E-state index in [1.54, 1.807) is 11.0 Å². The Hall–Kier alpha value is -2.88. The molecule has 0 saturated carbocycles. The van der Waals surface area contributed by atoms with Crippen molar-refractivity contribution in [3.05, 3.63) is 42.2 Å². The summed E-state index contributed by atoms with van der Waals surface area (Å²) in [4.78, 5) is 22.0. The second kappa shape index (κ2) is 6.26. The fourth-order valence-electron chi connectivity index (χ4n) is 2.43. The molecular formula is C15H14N4O3. The molecule has 1 aliphatic rings. The molecule has 0 radical (unpaired) electrons. The third-order valence-electron chi connectivity index (χ3n) is 3.48. The molecule has 1 aliphatic heterocycles. The van der Waals surface area contributed by atoms with Crippen LogP contribution in [0.5, 0.6) is 5.88 Å². The Balaban J connectivity index is 1.68. The molecule has 0 bridgehead atoms. The molecule has 3 rings (SSSR count). The number of ether oxygens (including phenoxy) is 1. The molecule has 2 aromatic heterocycles. The highest BCUT2D eigenvalue weighted by molar-refractivity contribution is 5.93. The first-order valence-electron chi connectivity index (χ1n) is 6.97. The molecule has 1 atom stereocenters. The van der Waals surface area contributed by atoms with Crippen molar-refractivity contribution in [2.75, 3.05) is 13.1 Å².